The van der Waals surface area contributed by atoms with Gasteiger partial charge in [0.25, 0.3) is 5.91 Å². The number of nitrogens with zero attached hydrogens (tertiary/aromatic N) is 2. The van der Waals surface area contributed by atoms with Gasteiger partial charge in [-0.15, -0.1) is 11.3 Å². The van der Waals surface area contributed by atoms with Crippen LogP contribution in [0.1, 0.15) is 33.5 Å². The summed E-state index contributed by atoms with van der Waals surface area (Å²) in [6.45, 7) is -0.402. The van der Waals surface area contributed by atoms with E-state index in [2.05, 4.69) is 5.10 Å². The highest BCUT2D eigenvalue weighted by Gasteiger charge is 2.35. The summed E-state index contributed by atoms with van der Waals surface area (Å²) >= 11 is 1.57. The number of fused-ring (bicyclic) bond motifs is 1. The molecular formula is C24H18N2O4S. The van der Waals surface area contributed by atoms with Crippen LogP contribution in [0.15, 0.2) is 87.9 Å². The van der Waals surface area contributed by atoms with Crippen molar-refractivity contribution in [2.24, 2.45) is 5.10 Å². The Hall–Kier alpha value is -3.71. The molecule has 0 spiro atoms. The molecule has 0 fully saturated rings. The smallest absolute Gasteiger partial charge is 0.339 e. The van der Waals surface area contributed by atoms with Gasteiger partial charge in [-0.05, 0) is 40.4 Å². The van der Waals surface area contributed by atoms with Crippen molar-refractivity contribution in [2.75, 3.05) is 6.61 Å². The van der Waals surface area contributed by atoms with Crippen molar-refractivity contribution in [3.63, 3.8) is 0 Å². The molecule has 2 aromatic heterocycles. The second-order valence-electron chi connectivity index (χ2n) is 7.10. The van der Waals surface area contributed by atoms with E-state index in [0.717, 1.165) is 21.4 Å². The van der Waals surface area contributed by atoms with Gasteiger partial charge in [0.05, 0.1) is 22.4 Å². The Kier molecular flexibility index (Phi) is 5.09. The lowest BCUT2D eigenvalue weighted by Gasteiger charge is -2.19. The number of carbonyl (C=O) groups is 2. The van der Waals surface area contributed by atoms with E-state index >= 15 is 0 Å². The van der Waals surface area contributed by atoms with Crippen LogP contribution >= 0.6 is 11.3 Å². The van der Waals surface area contributed by atoms with Gasteiger partial charge in [-0.25, -0.2) is 9.80 Å². The number of carbonyl (C=O) groups excluding carboxylic acids is 2. The number of ether oxygens (including phenoxy) is 1. The third kappa shape index (κ3) is 3.75. The quantitative estimate of drug-likeness (QED) is 0.416. The molecule has 1 aliphatic rings. The van der Waals surface area contributed by atoms with E-state index in [1.165, 1.54) is 5.01 Å². The summed E-state index contributed by atoms with van der Waals surface area (Å²) < 4.78 is 10.9. The molecule has 3 heterocycles. The second kappa shape index (κ2) is 8.20. The van der Waals surface area contributed by atoms with E-state index in [1.54, 1.807) is 35.8 Å². The molecule has 1 amide bonds. The van der Waals surface area contributed by atoms with Crippen LogP contribution in [0.5, 0.6) is 0 Å². The third-order valence-electron chi connectivity index (χ3n) is 5.18. The van der Waals surface area contributed by atoms with Crippen LogP contribution in [0, 0.1) is 0 Å². The van der Waals surface area contributed by atoms with Crippen LogP contribution in [0.3, 0.4) is 0 Å². The molecule has 1 atom stereocenters. The van der Waals surface area contributed by atoms with Crippen molar-refractivity contribution in [1.82, 2.24) is 5.01 Å². The summed E-state index contributed by atoms with van der Waals surface area (Å²) in [7, 11) is 0. The topological polar surface area (TPSA) is 72.1 Å². The lowest BCUT2D eigenvalue weighted by atomic mass is 10.1. The standard InChI is InChI=1S/C24H18N2O4S/c27-23(15-30-24(28)18-9-3-7-16-6-1-2-8-17(16)18)26-20(21-10-4-12-29-21)14-19(25-26)22-11-5-13-31-22/h1-13,20H,14-15H2. The fourth-order valence-corrected chi connectivity index (χ4v) is 4.43. The first-order valence-electron chi connectivity index (χ1n) is 9.82. The highest BCUT2D eigenvalue weighted by atomic mass is 32.1. The van der Waals surface area contributed by atoms with E-state index in [4.69, 9.17) is 9.15 Å². The Balaban J connectivity index is 1.35. The minimum atomic E-state index is -0.540. The molecule has 5 rings (SSSR count). The van der Waals surface area contributed by atoms with Crippen molar-refractivity contribution in [3.05, 3.63) is 94.6 Å². The average Bonchev–Trinajstić information content (AvgIpc) is 3.57. The number of rotatable bonds is 5. The molecule has 4 aromatic rings. The molecule has 0 N–H and O–H groups in total. The lowest BCUT2D eigenvalue weighted by molar-refractivity contribution is -0.136. The molecule has 0 aliphatic carbocycles. The van der Waals surface area contributed by atoms with Gasteiger partial charge in [-0.2, -0.15) is 5.10 Å². The van der Waals surface area contributed by atoms with Crippen molar-refractivity contribution in [2.45, 2.75) is 12.5 Å². The summed E-state index contributed by atoms with van der Waals surface area (Å²) in [5.74, 6) is -0.299. The first kappa shape index (κ1) is 19.3. The number of amides is 1. The van der Waals surface area contributed by atoms with E-state index in [-0.39, 0.29) is 6.04 Å². The first-order chi connectivity index (χ1) is 15.2. The van der Waals surface area contributed by atoms with Gasteiger partial charge in [0.2, 0.25) is 0 Å². The Bertz CT molecular complexity index is 1260. The molecule has 0 radical (unpaired) electrons. The van der Waals surface area contributed by atoms with Gasteiger partial charge in [0, 0.05) is 6.42 Å². The van der Waals surface area contributed by atoms with Gasteiger partial charge in [-0.3, -0.25) is 4.79 Å². The number of hydrogen-bond donors (Lipinski definition) is 0. The van der Waals surface area contributed by atoms with Crippen LogP contribution in [-0.4, -0.2) is 29.2 Å². The molecule has 31 heavy (non-hydrogen) atoms. The van der Waals surface area contributed by atoms with Crippen LogP contribution in [0.4, 0.5) is 0 Å². The van der Waals surface area contributed by atoms with Gasteiger partial charge in [0.1, 0.15) is 11.8 Å². The number of benzene rings is 2. The van der Waals surface area contributed by atoms with Crippen molar-refractivity contribution < 1.29 is 18.7 Å². The summed E-state index contributed by atoms with van der Waals surface area (Å²) in [6.07, 6.45) is 2.11. The van der Waals surface area contributed by atoms with E-state index < -0.39 is 18.5 Å². The predicted octanol–water partition coefficient (Wildman–Crippen LogP) is 5.03. The normalized spacial score (nSPS) is 15.8. The lowest BCUT2D eigenvalue weighted by Crippen LogP contribution is -2.31. The number of thiophene rings is 1. The Labute approximate surface area is 182 Å². The minimum Gasteiger partial charge on any atom is -0.467 e. The Morgan fingerprint density at radius 3 is 2.74 bits per heavy atom. The maximum atomic E-state index is 13.0. The second-order valence-corrected chi connectivity index (χ2v) is 8.05. The zero-order valence-corrected chi connectivity index (χ0v) is 17.2. The number of esters is 1. The number of hydrazone groups is 1. The fourth-order valence-electron chi connectivity index (χ4n) is 3.71. The predicted molar refractivity (Wildman–Crippen MR) is 118 cm³/mol. The third-order valence-corrected chi connectivity index (χ3v) is 6.10. The molecule has 1 unspecified atom stereocenters. The van der Waals surface area contributed by atoms with Gasteiger partial charge in [0.15, 0.2) is 6.61 Å². The van der Waals surface area contributed by atoms with E-state index in [1.807, 2.05) is 53.9 Å². The molecule has 0 saturated heterocycles. The SMILES string of the molecule is O=C(OCC(=O)N1N=C(c2cccs2)CC1c1ccco1)c1cccc2ccccc12. The van der Waals surface area contributed by atoms with Crippen LogP contribution < -0.4 is 0 Å². The Morgan fingerprint density at radius 2 is 1.94 bits per heavy atom. The van der Waals surface area contributed by atoms with Crippen LogP contribution in [0.2, 0.25) is 0 Å². The monoisotopic (exact) mass is 430 g/mol. The molecule has 0 bridgehead atoms. The average molecular weight is 430 g/mol. The summed E-state index contributed by atoms with van der Waals surface area (Å²) in [5.41, 5.74) is 1.24. The van der Waals surface area contributed by atoms with E-state index in [9.17, 15) is 9.59 Å². The first-order valence-corrected chi connectivity index (χ1v) is 10.7. The van der Waals surface area contributed by atoms with Gasteiger partial charge < -0.3 is 9.15 Å². The summed E-state index contributed by atoms with van der Waals surface area (Å²) in [5, 5.41) is 9.58. The molecule has 2 aromatic carbocycles. The van der Waals surface area contributed by atoms with E-state index in [0.29, 0.717) is 17.7 Å². The highest BCUT2D eigenvalue weighted by molar-refractivity contribution is 7.12. The van der Waals surface area contributed by atoms with Crippen molar-refractivity contribution in [1.29, 1.82) is 0 Å². The van der Waals surface area contributed by atoms with Gasteiger partial charge >= 0.3 is 5.97 Å². The maximum Gasteiger partial charge on any atom is 0.339 e. The molecule has 7 heteroatoms. The molecule has 1 aliphatic heterocycles. The highest BCUT2D eigenvalue weighted by Crippen LogP contribution is 2.34. The van der Waals surface area contributed by atoms with Crippen molar-refractivity contribution >= 4 is 39.7 Å². The zero-order valence-electron chi connectivity index (χ0n) is 16.4. The van der Waals surface area contributed by atoms with Gasteiger partial charge in [-0.1, -0.05) is 42.5 Å². The van der Waals surface area contributed by atoms with Crippen molar-refractivity contribution in [3.8, 4) is 0 Å². The molecule has 154 valence electrons. The minimum absolute atomic E-state index is 0.365. The summed E-state index contributed by atoms with van der Waals surface area (Å²) in [6, 6.07) is 20.1. The molecular weight excluding hydrogens is 412 g/mol. The number of hydrogen-bond acceptors (Lipinski definition) is 6. The molecule has 6 nitrogen and oxygen atoms in total. The Morgan fingerprint density at radius 1 is 1.06 bits per heavy atom. The number of furan rings is 1. The zero-order chi connectivity index (χ0) is 21.2. The van der Waals surface area contributed by atoms with Crippen LogP contribution in [-0.2, 0) is 9.53 Å². The maximum absolute atomic E-state index is 13.0. The largest absolute Gasteiger partial charge is 0.467 e. The molecule has 0 saturated carbocycles. The fraction of sp³-hybridized carbons (Fsp3) is 0.125. The van der Waals surface area contributed by atoms with Crippen LogP contribution in [0.25, 0.3) is 10.8 Å². The summed E-state index contributed by atoms with van der Waals surface area (Å²) in [4.78, 5) is 26.7.